The molecule has 0 saturated heterocycles. The summed E-state index contributed by atoms with van der Waals surface area (Å²) in [5.74, 6) is 2.81. The molecule has 1 aromatic carbocycles. The van der Waals surface area contributed by atoms with E-state index in [4.69, 9.17) is 5.73 Å². The van der Waals surface area contributed by atoms with Gasteiger partial charge in [-0.25, -0.2) is 0 Å². The summed E-state index contributed by atoms with van der Waals surface area (Å²) in [6, 6.07) is 8.93. The Bertz CT molecular complexity index is 643. The normalized spacial score (nSPS) is 26.9. The van der Waals surface area contributed by atoms with Crippen LogP contribution in [0.1, 0.15) is 54.0 Å². The molecule has 3 atom stereocenters. The zero-order chi connectivity index (χ0) is 13.7. The summed E-state index contributed by atoms with van der Waals surface area (Å²) in [5, 5.41) is 7.50. The van der Waals surface area contributed by atoms with Crippen molar-refractivity contribution in [2.75, 3.05) is 5.73 Å². The maximum absolute atomic E-state index is 6.03. The molecule has 3 unspecified atom stereocenters. The number of nitrogens with one attached hydrogen (secondary N) is 1. The fourth-order valence-corrected chi connectivity index (χ4v) is 4.14. The van der Waals surface area contributed by atoms with Gasteiger partial charge in [-0.3, -0.25) is 5.10 Å². The third-order valence-corrected chi connectivity index (χ3v) is 5.09. The van der Waals surface area contributed by atoms with Crippen molar-refractivity contribution < 1.29 is 0 Å². The van der Waals surface area contributed by atoms with Gasteiger partial charge < -0.3 is 5.73 Å². The van der Waals surface area contributed by atoms with Gasteiger partial charge in [-0.05, 0) is 42.2 Å². The molecule has 4 rings (SSSR count). The molecule has 0 aliphatic heterocycles. The third-order valence-electron chi connectivity index (χ3n) is 5.09. The Hall–Kier alpha value is -1.77. The van der Waals surface area contributed by atoms with Crippen molar-refractivity contribution in [2.45, 2.75) is 44.4 Å². The van der Waals surface area contributed by atoms with Gasteiger partial charge in [-0.1, -0.05) is 37.6 Å². The second-order valence-corrected chi connectivity index (χ2v) is 6.20. The second kappa shape index (κ2) is 4.37. The van der Waals surface area contributed by atoms with Crippen LogP contribution in [0, 0.1) is 5.92 Å². The summed E-state index contributed by atoms with van der Waals surface area (Å²) >= 11 is 0. The number of anilines is 1. The average Bonchev–Trinajstić information content (AvgIpc) is 3.11. The van der Waals surface area contributed by atoms with Gasteiger partial charge in [0.2, 0.25) is 0 Å². The van der Waals surface area contributed by atoms with E-state index in [0.29, 0.717) is 17.7 Å². The van der Waals surface area contributed by atoms with E-state index < -0.39 is 0 Å². The quantitative estimate of drug-likeness (QED) is 0.895. The monoisotopic (exact) mass is 267 g/mol. The average molecular weight is 267 g/mol. The molecule has 2 aliphatic carbocycles. The maximum atomic E-state index is 6.03. The second-order valence-electron chi connectivity index (χ2n) is 6.20. The minimum Gasteiger partial charge on any atom is -0.382 e. The number of H-pyrrole nitrogens is 1. The Morgan fingerprint density at radius 3 is 3.00 bits per heavy atom. The lowest BCUT2D eigenvalue weighted by atomic mass is 9.92. The van der Waals surface area contributed by atoms with Crippen LogP contribution in [0.4, 0.5) is 5.82 Å². The number of hydrogen-bond donors (Lipinski definition) is 2. The zero-order valence-corrected chi connectivity index (χ0v) is 11.9. The van der Waals surface area contributed by atoms with Gasteiger partial charge in [0.1, 0.15) is 5.82 Å². The highest BCUT2D eigenvalue weighted by Gasteiger charge is 2.55. The molecule has 2 aromatic rings. The Balaban J connectivity index is 1.70. The first-order chi connectivity index (χ1) is 9.81. The highest BCUT2D eigenvalue weighted by atomic mass is 15.2. The van der Waals surface area contributed by atoms with Crippen LogP contribution >= 0.6 is 0 Å². The summed E-state index contributed by atoms with van der Waals surface area (Å²) in [5.41, 5.74) is 11.7. The van der Waals surface area contributed by atoms with Gasteiger partial charge in [0.05, 0.1) is 0 Å². The number of nitrogens with zero attached hydrogens (tertiary/aromatic N) is 1. The number of hydrogen-bond acceptors (Lipinski definition) is 2. The molecule has 0 spiro atoms. The van der Waals surface area contributed by atoms with E-state index in [9.17, 15) is 0 Å². The lowest BCUT2D eigenvalue weighted by Crippen LogP contribution is -2.00. The van der Waals surface area contributed by atoms with Crippen LogP contribution in [-0.4, -0.2) is 10.2 Å². The minimum absolute atomic E-state index is 0.616. The zero-order valence-electron chi connectivity index (χ0n) is 11.9. The molecular weight excluding hydrogens is 246 g/mol. The molecule has 3 nitrogen and oxygen atoms in total. The number of nitrogen functional groups attached to an aromatic ring is 1. The van der Waals surface area contributed by atoms with Gasteiger partial charge in [0, 0.05) is 17.2 Å². The predicted octanol–water partition coefficient (Wildman–Crippen LogP) is 3.39. The SMILES string of the molecule is CCCc1c(N)n[nH]c1C1C2CCc3ccccc3C21. The fraction of sp³-hybridized carbons (Fsp3) is 0.471. The van der Waals surface area contributed by atoms with Crippen molar-refractivity contribution in [3.05, 3.63) is 46.6 Å². The van der Waals surface area contributed by atoms with Crippen molar-refractivity contribution >= 4 is 5.82 Å². The topological polar surface area (TPSA) is 54.7 Å². The standard InChI is InChI=1S/C17H21N3/c1-2-5-13-16(19-20-17(13)18)15-12-9-8-10-6-3-4-7-11(10)14(12)15/h3-4,6-7,12,14-15H,2,5,8-9H2,1H3,(H3,18,19,20). The van der Waals surface area contributed by atoms with Crippen molar-refractivity contribution in [1.29, 1.82) is 0 Å². The molecule has 1 saturated carbocycles. The van der Waals surface area contributed by atoms with E-state index in [2.05, 4.69) is 41.4 Å². The maximum Gasteiger partial charge on any atom is 0.148 e. The van der Waals surface area contributed by atoms with Crippen molar-refractivity contribution in [3.63, 3.8) is 0 Å². The number of rotatable bonds is 3. The van der Waals surface area contributed by atoms with Crippen LogP contribution in [0.5, 0.6) is 0 Å². The van der Waals surface area contributed by atoms with Crippen LogP contribution in [-0.2, 0) is 12.8 Å². The number of fused-ring (bicyclic) bond motifs is 3. The summed E-state index contributed by atoms with van der Waals surface area (Å²) in [7, 11) is 0. The molecule has 0 amide bonds. The fourth-order valence-electron chi connectivity index (χ4n) is 4.14. The van der Waals surface area contributed by atoms with Crippen LogP contribution in [0.3, 0.4) is 0 Å². The van der Waals surface area contributed by atoms with Gasteiger partial charge in [-0.15, -0.1) is 0 Å². The first-order valence-electron chi connectivity index (χ1n) is 7.71. The lowest BCUT2D eigenvalue weighted by molar-refractivity contribution is 0.656. The minimum atomic E-state index is 0.616. The number of aromatic nitrogens is 2. The van der Waals surface area contributed by atoms with Gasteiger partial charge >= 0.3 is 0 Å². The van der Waals surface area contributed by atoms with Crippen LogP contribution in [0.2, 0.25) is 0 Å². The molecule has 0 bridgehead atoms. The number of benzene rings is 1. The molecule has 1 aromatic heterocycles. The summed E-state index contributed by atoms with van der Waals surface area (Å²) in [4.78, 5) is 0. The lowest BCUT2D eigenvalue weighted by Gasteiger charge is -2.13. The van der Waals surface area contributed by atoms with Crippen molar-refractivity contribution in [1.82, 2.24) is 10.2 Å². The summed E-state index contributed by atoms with van der Waals surface area (Å²) < 4.78 is 0. The van der Waals surface area contributed by atoms with Gasteiger partial charge in [0.15, 0.2) is 0 Å². The van der Waals surface area contributed by atoms with E-state index in [1.807, 2.05) is 0 Å². The van der Waals surface area contributed by atoms with Crippen molar-refractivity contribution in [3.8, 4) is 0 Å². The van der Waals surface area contributed by atoms with E-state index in [-0.39, 0.29) is 0 Å². The largest absolute Gasteiger partial charge is 0.382 e. The molecule has 1 heterocycles. The first kappa shape index (κ1) is 12.0. The first-order valence-corrected chi connectivity index (χ1v) is 7.71. The highest BCUT2D eigenvalue weighted by molar-refractivity contribution is 5.50. The molecule has 3 N–H and O–H groups in total. The highest BCUT2D eigenvalue weighted by Crippen LogP contribution is 2.65. The number of aromatic amines is 1. The Labute approximate surface area is 119 Å². The Morgan fingerprint density at radius 1 is 1.30 bits per heavy atom. The van der Waals surface area contributed by atoms with E-state index in [1.165, 1.54) is 24.1 Å². The van der Waals surface area contributed by atoms with Crippen molar-refractivity contribution in [2.24, 2.45) is 5.92 Å². The molecule has 2 aliphatic rings. The molecule has 0 radical (unpaired) electrons. The van der Waals surface area contributed by atoms with Gasteiger partial charge in [0.25, 0.3) is 0 Å². The molecular formula is C17H21N3. The summed E-state index contributed by atoms with van der Waals surface area (Å²) in [6.45, 7) is 2.20. The predicted molar refractivity (Wildman–Crippen MR) is 80.7 cm³/mol. The number of aryl methyl sites for hydroxylation is 1. The van der Waals surface area contributed by atoms with Crippen LogP contribution in [0.15, 0.2) is 24.3 Å². The van der Waals surface area contributed by atoms with E-state index in [0.717, 1.165) is 18.8 Å². The smallest absolute Gasteiger partial charge is 0.148 e. The molecule has 20 heavy (non-hydrogen) atoms. The summed E-state index contributed by atoms with van der Waals surface area (Å²) in [6.07, 6.45) is 4.68. The molecule has 1 fully saturated rings. The van der Waals surface area contributed by atoms with Crippen LogP contribution in [0.25, 0.3) is 0 Å². The van der Waals surface area contributed by atoms with E-state index in [1.54, 1.807) is 11.1 Å². The molecule has 3 heteroatoms. The number of nitrogens with two attached hydrogens (primary N) is 1. The van der Waals surface area contributed by atoms with E-state index >= 15 is 0 Å². The van der Waals surface area contributed by atoms with Crippen LogP contribution < -0.4 is 5.73 Å². The molecule has 104 valence electrons. The third kappa shape index (κ3) is 1.62. The Kier molecular flexibility index (Phi) is 2.62. The Morgan fingerprint density at radius 2 is 2.15 bits per heavy atom. The van der Waals surface area contributed by atoms with Gasteiger partial charge in [-0.2, -0.15) is 5.10 Å².